The molecule has 240 valence electrons. The standard InChI is InChI=1S/C30H43N7O7/c1-17(2)14-25(29(43)44)37-27(41)23(4-3-13-34-30(32)33)35-28(42)24(16-19-7-11-21(39)12-8-19)36-26(40)22(31)15-18-5-9-20(38)10-6-18/h5-12,17,22-25,38-39H,3-4,13-16,31H2,1-2H3,(H,35,42)(H,36,40)(H,37,41)(H,43,44)(H4,32,33,34). The Morgan fingerprint density at radius 2 is 1.23 bits per heavy atom. The van der Waals surface area contributed by atoms with Crippen LogP contribution in [0.25, 0.3) is 0 Å². The summed E-state index contributed by atoms with van der Waals surface area (Å²) >= 11 is 0. The number of guanidine groups is 1. The second-order valence-corrected chi connectivity index (χ2v) is 10.9. The van der Waals surface area contributed by atoms with Crippen LogP contribution in [0.4, 0.5) is 0 Å². The van der Waals surface area contributed by atoms with Crippen LogP contribution in [0, 0.1) is 5.92 Å². The first-order valence-electron chi connectivity index (χ1n) is 14.3. The Hall–Kier alpha value is -4.85. The Labute approximate surface area is 256 Å². The largest absolute Gasteiger partial charge is 0.508 e. The summed E-state index contributed by atoms with van der Waals surface area (Å²) < 4.78 is 0. The molecule has 0 spiro atoms. The first-order chi connectivity index (χ1) is 20.7. The number of carbonyl (C=O) groups is 4. The van der Waals surface area contributed by atoms with Gasteiger partial charge in [0, 0.05) is 13.0 Å². The van der Waals surface area contributed by atoms with Crippen LogP contribution in [-0.2, 0) is 32.0 Å². The zero-order valence-electron chi connectivity index (χ0n) is 24.9. The molecule has 2 aromatic rings. The summed E-state index contributed by atoms with van der Waals surface area (Å²) in [4.78, 5) is 55.6. The second-order valence-electron chi connectivity index (χ2n) is 10.9. The SMILES string of the molecule is CC(C)CC(NC(=O)C(CCCN=C(N)N)NC(=O)C(Cc1ccc(O)cc1)NC(=O)C(N)Cc1ccc(O)cc1)C(=O)O. The molecule has 0 aromatic heterocycles. The molecule has 0 aliphatic heterocycles. The van der Waals surface area contributed by atoms with Gasteiger partial charge < -0.3 is 48.5 Å². The van der Waals surface area contributed by atoms with Gasteiger partial charge in [-0.05, 0) is 67.0 Å². The van der Waals surface area contributed by atoms with Crippen LogP contribution in [0.3, 0.4) is 0 Å². The molecule has 0 heterocycles. The number of aliphatic carboxylic acids is 1. The van der Waals surface area contributed by atoms with Crippen LogP contribution < -0.4 is 33.2 Å². The summed E-state index contributed by atoms with van der Waals surface area (Å²) in [5, 5.41) is 36.6. The van der Waals surface area contributed by atoms with Crippen LogP contribution in [0.2, 0.25) is 0 Å². The van der Waals surface area contributed by atoms with Crippen molar-refractivity contribution in [3.8, 4) is 11.5 Å². The number of rotatable bonds is 17. The van der Waals surface area contributed by atoms with E-state index in [1.54, 1.807) is 24.3 Å². The number of aliphatic imine (C=N–C) groups is 1. The number of hydrogen-bond donors (Lipinski definition) is 9. The van der Waals surface area contributed by atoms with Crippen LogP contribution >= 0.6 is 0 Å². The number of carbonyl (C=O) groups excluding carboxylic acids is 3. The zero-order chi connectivity index (χ0) is 32.8. The summed E-state index contributed by atoms with van der Waals surface area (Å²) in [6.07, 6.45) is 0.653. The topological polar surface area (TPSA) is 255 Å². The number of nitrogens with one attached hydrogen (secondary N) is 3. The van der Waals surface area contributed by atoms with Crippen molar-refractivity contribution in [3.63, 3.8) is 0 Å². The van der Waals surface area contributed by atoms with Crippen molar-refractivity contribution in [2.45, 2.75) is 70.1 Å². The molecule has 14 heteroatoms. The zero-order valence-corrected chi connectivity index (χ0v) is 24.9. The number of nitrogens with two attached hydrogens (primary N) is 3. The van der Waals surface area contributed by atoms with Gasteiger partial charge in [0.25, 0.3) is 0 Å². The van der Waals surface area contributed by atoms with Crippen LogP contribution in [0.1, 0.15) is 44.2 Å². The molecule has 0 aliphatic rings. The number of benzene rings is 2. The molecule has 2 rings (SSSR count). The minimum atomic E-state index is -1.21. The quantitative estimate of drug-likeness (QED) is 0.0647. The lowest BCUT2D eigenvalue weighted by molar-refractivity contribution is -0.142. The second kappa shape index (κ2) is 17.3. The Balaban J connectivity index is 2.27. The fourth-order valence-corrected chi connectivity index (χ4v) is 4.34. The molecule has 0 fully saturated rings. The molecule has 0 bridgehead atoms. The fraction of sp³-hybridized carbons (Fsp3) is 0.433. The molecule has 12 N–H and O–H groups in total. The molecule has 14 nitrogen and oxygen atoms in total. The molecule has 0 saturated carbocycles. The van der Waals surface area contributed by atoms with Gasteiger partial charge in [0.1, 0.15) is 29.6 Å². The van der Waals surface area contributed by atoms with Crippen molar-refractivity contribution >= 4 is 29.7 Å². The molecular weight excluding hydrogens is 570 g/mol. The average Bonchev–Trinajstić information content (AvgIpc) is 2.95. The maximum absolute atomic E-state index is 13.6. The molecule has 4 atom stereocenters. The highest BCUT2D eigenvalue weighted by Gasteiger charge is 2.30. The molecule has 2 aromatic carbocycles. The smallest absolute Gasteiger partial charge is 0.326 e. The van der Waals surface area contributed by atoms with Gasteiger partial charge in [-0.2, -0.15) is 0 Å². The fourth-order valence-electron chi connectivity index (χ4n) is 4.34. The lowest BCUT2D eigenvalue weighted by atomic mass is 10.0. The maximum Gasteiger partial charge on any atom is 0.326 e. The van der Waals surface area contributed by atoms with Crippen LogP contribution in [-0.4, -0.2) is 75.7 Å². The van der Waals surface area contributed by atoms with E-state index in [0.717, 1.165) is 0 Å². The monoisotopic (exact) mass is 613 g/mol. The molecule has 0 aliphatic carbocycles. The van der Waals surface area contributed by atoms with E-state index in [-0.39, 0.29) is 62.0 Å². The lowest BCUT2D eigenvalue weighted by Gasteiger charge is -2.26. The van der Waals surface area contributed by atoms with E-state index in [0.29, 0.717) is 11.1 Å². The summed E-state index contributed by atoms with van der Waals surface area (Å²) in [6.45, 7) is 3.80. The summed E-state index contributed by atoms with van der Waals surface area (Å²) in [5.74, 6) is -3.35. The van der Waals surface area contributed by atoms with Crippen molar-refractivity contribution in [2.75, 3.05) is 6.54 Å². The molecule has 3 amide bonds. The first kappa shape index (κ1) is 35.3. The molecule has 0 saturated heterocycles. The number of nitrogens with zero attached hydrogens (tertiary/aromatic N) is 1. The van der Waals surface area contributed by atoms with E-state index in [9.17, 15) is 34.5 Å². The van der Waals surface area contributed by atoms with Crippen molar-refractivity contribution in [3.05, 3.63) is 59.7 Å². The molecule has 4 unspecified atom stereocenters. The number of aromatic hydroxyl groups is 2. The Morgan fingerprint density at radius 3 is 1.73 bits per heavy atom. The van der Waals surface area contributed by atoms with Crippen molar-refractivity contribution in [2.24, 2.45) is 28.1 Å². The number of carboxylic acids is 1. The van der Waals surface area contributed by atoms with E-state index in [4.69, 9.17) is 17.2 Å². The molecule has 44 heavy (non-hydrogen) atoms. The van der Waals surface area contributed by atoms with Crippen molar-refractivity contribution in [1.82, 2.24) is 16.0 Å². The Kier molecular flexibility index (Phi) is 13.9. The average molecular weight is 614 g/mol. The van der Waals surface area contributed by atoms with Gasteiger partial charge in [0.15, 0.2) is 5.96 Å². The van der Waals surface area contributed by atoms with Gasteiger partial charge in [-0.1, -0.05) is 38.1 Å². The molecule has 0 radical (unpaired) electrons. The first-order valence-corrected chi connectivity index (χ1v) is 14.3. The Morgan fingerprint density at radius 1 is 0.750 bits per heavy atom. The van der Waals surface area contributed by atoms with Gasteiger partial charge in [0.05, 0.1) is 6.04 Å². The van der Waals surface area contributed by atoms with E-state index < -0.39 is 47.9 Å². The van der Waals surface area contributed by atoms with E-state index >= 15 is 0 Å². The third-order valence-electron chi connectivity index (χ3n) is 6.64. The van der Waals surface area contributed by atoms with Gasteiger partial charge in [0.2, 0.25) is 17.7 Å². The normalized spacial score (nSPS) is 13.6. The minimum absolute atomic E-state index is 0.00276. The highest BCUT2D eigenvalue weighted by atomic mass is 16.4. The van der Waals surface area contributed by atoms with E-state index in [1.807, 2.05) is 13.8 Å². The lowest BCUT2D eigenvalue weighted by Crippen LogP contribution is -2.57. The maximum atomic E-state index is 13.6. The van der Waals surface area contributed by atoms with Crippen LogP contribution in [0.15, 0.2) is 53.5 Å². The van der Waals surface area contributed by atoms with Gasteiger partial charge in [-0.25, -0.2) is 4.79 Å². The Bertz CT molecular complexity index is 1280. The third-order valence-corrected chi connectivity index (χ3v) is 6.64. The summed E-state index contributed by atoms with van der Waals surface area (Å²) in [7, 11) is 0. The van der Waals surface area contributed by atoms with E-state index in [2.05, 4.69) is 20.9 Å². The highest BCUT2D eigenvalue weighted by Crippen LogP contribution is 2.14. The van der Waals surface area contributed by atoms with Crippen LogP contribution in [0.5, 0.6) is 11.5 Å². The number of carboxylic acid groups (broad SMARTS) is 1. The number of hydrogen-bond acceptors (Lipinski definition) is 8. The number of phenolic OH excluding ortho intramolecular Hbond substituents is 2. The molecular formula is C30H43N7O7. The van der Waals surface area contributed by atoms with Crippen molar-refractivity contribution < 1.29 is 34.5 Å². The van der Waals surface area contributed by atoms with Crippen molar-refractivity contribution in [1.29, 1.82) is 0 Å². The third kappa shape index (κ3) is 12.6. The van der Waals surface area contributed by atoms with Gasteiger partial charge in [-0.15, -0.1) is 0 Å². The minimum Gasteiger partial charge on any atom is -0.508 e. The van der Waals surface area contributed by atoms with Gasteiger partial charge >= 0.3 is 5.97 Å². The highest BCUT2D eigenvalue weighted by molar-refractivity contribution is 5.94. The summed E-state index contributed by atoms with van der Waals surface area (Å²) in [6, 6.07) is 7.65. The number of amides is 3. The summed E-state index contributed by atoms with van der Waals surface area (Å²) in [5.41, 5.74) is 18.2. The predicted octanol–water partition coefficient (Wildman–Crippen LogP) is -0.151. The predicted molar refractivity (Wildman–Crippen MR) is 164 cm³/mol. The van der Waals surface area contributed by atoms with E-state index in [1.165, 1.54) is 24.3 Å². The van der Waals surface area contributed by atoms with Gasteiger partial charge in [-0.3, -0.25) is 19.4 Å². The number of phenols is 2.